The number of morpholine rings is 1. The molecular weight excluding hydrogens is 422 g/mol. The van der Waals surface area contributed by atoms with Gasteiger partial charge in [0.1, 0.15) is 11.6 Å². The van der Waals surface area contributed by atoms with E-state index in [2.05, 4.69) is 89.6 Å². The highest BCUT2D eigenvalue weighted by Crippen LogP contribution is 2.33. The molecule has 0 N–H and O–H groups in total. The number of hydrogen-bond donors (Lipinski definition) is 0. The van der Waals surface area contributed by atoms with Crippen molar-refractivity contribution in [3.05, 3.63) is 84.1 Å². The minimum absolute atomic E-state index is 0.557. The fourth-order valence-electron chi connectivity index (χ4n) is 4.58. The molecule has 0 saturated carbocycles. The standard InChI is InChI=1S/C28H33N5O/c1-3-5-7-13-23(10-4-2)25-18-27-29-26(32-20-24(21-32)22-11-8-6-9-12-22)19-28(33(27)30-25)31-14-16-34-17-15-31/h4-13,18-19,24H,3,14-17,20-21H2,1-2H3/b7-5+,10-4-,23-13+. The van der Waals surface area contributed by atoms with E-state index in [0.29, 0.717) is 5.92 Å². The molecule has 0 radical (unpaired) electrons. The van der Waals surface area contributed by atoms with Gasteiger partial charge in [0.2, 0.25) is 0 Å². The predicted molar refractivity (Wildman–Crippen MR) is 140 cm³/mol. The summed E-state index contributed by atoms with van der Waals surface area (Å²) >= 11 is 0. The van der Waals surface area contributed by atoms with Gasteiger partial charge in [-0.25, -0.2) is 4.98 Å². The van der Waals surface area contributed by atoms with Crippen LogP contribution in [0.1, 0.15) is 37.4 Å². The van der Waals surface area contributed by atoms with Gasteiger partial charge >= 0.3 is 0 Å². The predicted octanol–water partition coefficient (Wildman–Crippen LogP) is 5.10. The van der Waals surface area contributed by atoms with Crippen LogP contribution in [0.25, 0.3) is 11.2 Å². The number of nitrogens with zero attached hydrogens (tertiary/aromatic N) is 5. The second-order valence-corrected chi connectivity index (χ2v) is 8.84. The molecule has 5 rings (SSSR count). The van der Waals surface area contributed by atoms with Crippen molar-refractivity contribution in [2.75, 3.05) is 49.2 Å². The quantitative estimate of drug-likeness (QED) is 0.464. The highest BCUT2D eigenvalue weighted by molar-refractivity contribution is 5.76. The minimum atomic E-state index is 0.557. The Balaban J connectivity index is 1.50. The van der Waals surface area contributed by atoms with Crippen molar-refractivity contribution in [2.45, 2.75) is 26.2 Å². The van der Waals surface area contributed by atoms with Crippen molar-refractivity contribution in [3.8, 4) is 0 Å². The molecule has 2 aliphatic heterocycles. The molecule has 0 bridgehead atoms. The molecule has 176 valence electrons. The number of aromatic nitrogens is 3. The number of benzene rings is 1. The third kappa shape index (κ3) is 4.64. The third-order valence-electron chi connectivity index (χ3n) is 6.50. The Hall–Kier alpha value is -3.38. The summed E-state index contributed by atoms with van der Waals surface area (Å²) in [4.78, 5) is 9.78. The van der Waals surface area contributed by atoms with Crippen LogP contribution < -0.4 is 9.80 Å². The zero-order chi connectivity index (χ0) is 23.3. The molecule has 1 aromatic carbocycles. The summed E-state index contributed by atoms with van der Waals surface area (Å²) in [5, 5.41) is 4.99. The second kappa shape index (κ2) is 10.3. The third-order valence-corrected chi connectivity index (χ3v) is 6.50. The van der Waals surface area contributed by atoms with Crippen LogP contribution in [0.5, 0.6) is 0 Å². The normalized spacial score (nSPS) is 17.9. The lowest BCUT2D eigenvalue weighted by Gasteiger charge is -2.41. The van der Waals surface area contributed by atoms with Gasteiger partial charge in [0.05, 0.1) is 18.9 Å². The second-order valence-electron chi connectivity index (χ2n) is 8.84. The smallest absolute Gasteiger partial charge is 0.160 e. The maximum absolute atomic E-state index is 5.61. The van der Waals surface area contributed by atoms with Crippen molar-refractivity contribution >= 4 is 22.9 Å². The van der Waals surface area contributed by atoms with Gasteiger partial charge in [0, 0.05) is 49.8 Å². The number of allylic oxidation sites excluding steroid dienone is 6. The number of fused-ring (bicyclic) bond motifs is 1. The van der Waals surface area contributed by atoms with Gasteiger partial charge in [-0.2, -0.15) is 9.61 Å². The molecule has 2 fully saturated rings. The van der Waals surface area contributed by atoms with Gasteiger partial charge in [0.15, 0.2) is 5.65 Å². The molecule has 2 saturated heterocycles. The van der Waals surface area contributed by atoms with Gasteiger partial charge in [0.25, 0.3) is 0 Å². The number of anilines is 2. The molecule has 3 aromatic rings. The van der Waals surface area contributed by atoms with Crippen LogP contribution in [-0.2, 0) is 4.74 Å². The molecule has 6 nitrogen and oxygen atoms in total. The summed E-state index contributed by atoms with van der Waals surface area (Å²) in [6, 6.07) is 15.1. The number of rotatable bonds is 7. The van der Waals surface area contributed by atoms with Crippen LogP contribution in [0.15, 0.2) is 72.8 Å². The Morgan fingerprint density at radius 3 is 2.62 bits per heavy atom. The first-order valence-electron chi connectivity index (χ1n) is 12.3. The van der Waals surface area contributed by atoms with E-state index < -0.39 is 0 Å². The Morgan fingerprint density at radius 2 is 1.88 bits per heavy atom. The van der Waals surface area contributed by atoms with Crippen molar-refractivity contribution in [2.24, 2.45) is 0 Å². The van der Waals surface area contributed by atoms with E-state index in [1.54, 1.807) is 0 Å². The Morgan fingerprint density at radius 1 is 1.09 bits per heavy atom. The maximum atomic E-state index is 5.61. The van der Waals surface area contributed by atoms with Crippen LogP contribution in [0.4, 0.5) is 11.6 Å². The highest BCUT2D eigenvalue weighted by atomic mass is 16.5. The van der Waals surface area contributed by atoms with Crippen molar-refractivity contribution in [1.29, 1.82) is 0 Å². The van der Waals surface area contributed by atoms with Gasteiger partial charge in [-0.1, -0.05) is 67.6 Å². The van der Waals surface area contributed by atoms with Crippen molar-refractivity contribution in [1.82, 2.24) is 14.6 Å². The average molecular weight is 456 g/mol. The number of hydrogen-bond acceptors (Lipinski definition) is 5. The Bertz CT molecular complexity index is 1200. The number of ether oxygens (including phenoxy) is 1. The lowest BCUT2D eigenvalue weighted by molar-refractivity contribution is 0.122. The first-order chi connectivity index (χ1) is 16.8. The topological polar surface area (TPSA) is 45.9 Å². The molecule has 2 aliphatic rings. The molecule has 34 heavy (non-hydrogen) atoms. The Kier molecular flexibility index (Phi) is 6.77. The van der Waals surface area contributed by atoms with Crippen LogP contribution in [0, 0.1) is 0 Å². The molecule has 0 spiro atoms. The molecule has 0 aliphatic carbocycles. The van der Waals surface area contributed by atoms with Crippen LogP contribution in [0.3, 0.4) is 0 Å². The monoisotopic (exact) mass is 455 g/mol. The molecular formula is C28H33N5O. The summed E-state index contributed by atoms with van der Waals surface area (Å²) in [5.41, 5.74) is 4.30. The molecule has 0 unspecified atom stereocenters. The SMILES string of the molecule is C\C=C/C(=C\C=C\CC)c1cc2nc(N3CC(c4ccccc4)C3)cc(N3CCOCC3)n2n1. The molecule has 6 heteroatoms. The van der Waals surface area contributed by atoms with E-state index in [9.17, 15) is 0 Å². The fraction of sp³-hybridized carbons (Fsp3) is 0.357. The summed E-state index contributed by atoms with van der Waals surface area (Å²) in [5.74, 6) is 2.66. The lowest BCUT2D eigenvalue weighted by Crippen LogP contribution is -2.45. The van der Waals surface area contributed by atoms with Crippen molar-refractivity contribution < 1.29 is 4.74 Å². The van der Waals surface area contributed by atoms with E-state index in [1.807, 2.05) is 11.4 Å². The largest absolute Gasteiger partial charge is 0.378 e. The summed E-state index contributed by atoms with van der Waals surface area (Å²) in [7, 11) is 0. The first-order valence-corrected chi connectivity index (χ1v) is 12.3. The van der Waals surface area contributed by atoms with E-state index in [0.717, 1.165) is 74.4 Å². The van der Waals surface area contributed by atoms with Crippen LogP contribution in [0.2, 0.25) is 0 Å². The molecule has 0 atom stereocenters. The maximum Gasteiger partial charge on any atom is 0.160 e. The van der Waals surface area contributed by atoms with Gasteiger partial charge in [-0.3, -0.25) is 0 Å². The van der Waals surface area contributed by atoms with Gasteiger partial charge in [-0.05, 0) is 18.9 Å². The van der Waals surface area contributed by atoms with Gasteiger partial charge < -0.3 is 14.5 Å². The average Bonchev–Trinajstić information content (AvgIpc) is 3.28. The summed E-state index contributed by atoms with van der Waals surface area (Å²) in [6.45, 7) is 9.34. The van der Waals surface area contributed by atoms with Crippen LogP contribution >= 0.6 is 0 Å². The zero-order valence-corrected chi connectivity index (χ0v) is 20.1. The fourth-order valence-corrected chi connectivity index (χ4v) is 4.58. The van der Waals surface area contributed by atoms with Crippen molar-refractivity contribution in [3.63, 3.8) is 0 Å². The zero-order valence-electron chi connectivity index (χ0n) is 20.1. The summed E-state index contributed by atoms with van der Waals surface area (Å²) < 4.78 is 7.61. The van der Waals surface area contributed by atoms with E-state index in [-0.39, 0.29) is 0 Å². The van der Waals surface area contributed by atoms with Gasteiger partial charge in [-0.15, -0.1) is 0 Å². The molecule has 4 heterocycles. The highest BCUT2D eigenvalue weighted by Gasteiger charge is 2.30. The Labute approximate surface area is 201 Å². The van der Waals surface area contributed by atoms with E-state index in [1.165, 1.54) is 5.56 Å². The minimum Gasteiger partial charge on any atom is -0.378 e. The molecule has 2 aromatic heterocycles. The first kappa shape index (κ1) is 22.4. The molecule has 0 amide bonds. The van der Waals surface area contributed by atoms with E-state index in [4.69, 9.17) is 14.8 Å². The van der Waals surface area contributed by atoms with Crippen LogP contribution in [-0.4, -0.2) is 54.0 Å². The van der Waals surface area contributed by atoms with E-state index >= 15 is 0 Å². The summed E-state index contributed by atoms with van der Waals surface area (Å²) in [6.07, 6.45) is 11.6. The lowest BCUT2D eigenvalue weighted by atomic mass is 9.91.